The van der Waals surface area contributed by atoms with Crippen LogP contribution in [0.25, 0.3) is 11.0 Å². The lowest BCUT2D eigenvalue weighted by Gasteiger charge is -2.09. The molecule has 4 nitrogen and oxygen atoms in total. The van der Waals surface area contributed by atoms with Gasteiger partial charge in [0.1, 0.15) is 22.7 Å². The van der Waals surface area contributed by atoms with Crippen molar-refractivity contribution < 1.29 is 0 Å². The van der Waals surface area contributed by atoms with E-state index in [0.29, 0.717) is 5.92 Å². The van der Waals surface area contributed by atoms with E-state index < -0.39 is 0 Å². The Labute approximate surface area is 95.2 Å². The van der Waals surface area contributed by atoms with Crippen LogP contribution in [0.3, 0.4) is 0 Å². The lowest BCUT2D eigenvalue weighted by Crippen LogP contribution is -2.04. The summed E-state index contributed by atoms with van der Waals surface area (Å²) in [4.78, 5) is 17.8. The largest absolute Gasteiger partial charge is 0.236 e. The van der Waals surface area contributed by atoms with E-state index in [9.17, 15) is 0 Å². The highest BCUT2D eigenvalue weighted by molar-refractivity contribution is 5.78. The highest BCUT2D eigenvalue weighted by atomic mass is 15.0. The predicted octanol–water partition coefficient (Wildman–Crippen LogP) is 2.47. The van der Waals surface area contributed by atoms with Crippen LogP contribution in [0.15, 0.2) is 0 Å². The van der Waals surface area contributed by atoms with E-state index in [-0.39, 0.29) is 0 Å². The molecule has 0 unspecified atom stereocenters. The number of nitrogens with zero attached hydrogens (tertiary/aromatic N) is 4. The van der Waals surface area contributed by atoms with Crippen LogP contribution in [-0.2, 0) is 0 Å². The molecule has 0 aliphatic rings. The first-order valence-corrected chi connectivity index (χ1v) is 5.48. The van der Waals surface area contributed by atoms with Gasteiger partial charge in [-0.3, -0.25) is 0 Å². The van der Waals surface area contributed by atoms with Crippen LogP contribution in [-0.4, -0.2) is 19.9 Å². The Balaban J connectivity index is 2.82. The average Bonchev–Trinajstić information content (AvgIpc) is 2.19. The maximum Gasteiger partial charge on any atom is 0.132 e. The lowest BCUT2D eigenvalue weighted by molar-refractivity contribution is 0.773. The van der Waals surface area contributed by atoms with Gasteiger partial charge in [0.15, 0.2) is 0 Å². The number of aromatic nitrogens is 4. The van der Waals surface area contributed by atoms with E-state index in [4.69, 9.17) is 0 Å². The van der Waals surface area contributed by atoms with Gasteiger partial charge in [0.05, 0.1) is 11.4 Å². The smallest absolute Gasteiger partial charge is 0.132 e. The number of hydrogen-bond donors (Lipinski definition) is 0. The summed E-state index contributed by atoms with van der Waals surface area (Å²) >= 11 is 0. The maximum absolute atomic E-state index is 4.54. The number of fused-ring (bicyclic) bond motifs is 1. The van der Waals surface area contributed by atoms with Gasteiger partial charge < -0.3 is 0 Å². The molecular formula is C12H16N4. The standard InChI is InChI=1S/C12H16N4/c1-6(2)12-14-8(4)10-11(16-12)7(3)13-9(5)15-10/h6H,1-5H3. The van der Waals surface area contributed by atoms with Crippen LogP contribution in [0.4, 0.5) is 0 Å². The normalized spacial score (nSPS) is 11.4. The molecule has 0 fully saturated rings. The average molecular weight is 216 g/mol. The second-order valence-corrected chi connectivity index (χ2v) is 4.38. The molecule has 4 heteroatoms. The molecule has 0 spiro atoms. The van der Waals surface area contributed by atoms with Crippen molar-refractivity contribution in [1.82, 2.24) is 19.9 Å². The summed E-state index contributed by atoms with van der Waals surface area (Å²) in [5, 5.41) is 0. The Kier molecular flexibility index (Phi) is 2.58. The Hall–Kier alpha value is -1.58. The third-order valence-corrected chi connectivity index (χ3v) is 2.54. The van der Waals surface area contributed by atoms with Gasteiger partial charge in [-0.25, -0.2) is 19.9 Å². The highest BCUT2D eigenvalue weighted by Gasteiger charge is 2.11. The maximum atomic E-state index is 4.54. The summed E-state index contributed by atoms with van der Waals surface area (Å²) in [6.45, 7) is 10.0. The minimum atomic E-state index is 0.323. The second-order valence-electron chi connectivity index (χ2n) is 4.38. The fourth-order valence-electron chi connectivity index (χ4n) is 1.72. The fraction of sp³-hybridized carbons (Fsp3) is 0.500. The molecule has 0 saturated heterocycles. The van der Waals surface area contributed by atoms with Gasteiger partial charge in [0.25, 0.3) is 0 Å². The molecule has 0 N–H and O–H groups in total. The SMILES string of the molecule is Cc1nc(C)c2nc(C(C)C)nc(C)c2n1. The molecule has 2 heterocycles. The highest BCUT2D eigenvalue weighted by Crippen LogP contribution is 2.19. The first-order chi connectivity index (χ1) is 7.49. The molecular weight excluding hydrogens is 200 g/mol. The van der Waals surface area contributed by atoms with Crippen molar-refractivity contribution in [2.45, 2.75) is 40.5 Å². The van der Waals surface area contributed by atoms with Crippen LogP contribution >= 0.6 is 0 Å². The van der Waals surface area contributed by atoms with E-state index in [1.807, 2.05) is 20.8 Å². The van der Waals surface area contributed by atoms with Gasteiger partial charge >= 0.3 is 0 Å². The molecule has 0 aromatic carbocycles. The molecule has 2 aromatic heterocycles. The lowest BCUT2D eigenvalue weighted by atomic mass is 10.2. The quantitative estimate of drug-likeness (QED) is 0.734. The Morgan fingerprint density at radius 2 is 1.31 bits per heavy atom. The minimum absolute atomic E-state index is 0.323. The number of aryl methyl sites for hydroxylation is 3. The molecule has 0 aliphatic heterocycles. The molecule has 0 saturated carbocycles. The zero-order valence-corrected chi connectivity index (χ0v) is 10.4. The van der Waals surface area contributed by atoms with Gasteiger partial charge in [0.2, 0.25) is 0 Å². The van der Waals surface area contributed by atoms with Gasteiger partial charge in [-0.15, -0.1) is 0 Å². The molecule has 0 atom stereocenters. The molecule has 0 radical (unpaired) electrons. The summed E-state index contributed by atoms with van der Waals surface area (Å²) in [5.41, 5.74) is 3.61. The van der Waals surface area contributed by atoms with Gasteiger partial charge in [-0.2, -0.15) is 0 Å². The molecule has 0 aliphatic carbocycles. The van der Waals surface area contributed by atoms with Crippen LogP contribution in [0.2, 0.25) is 0 Å². The van der Waals surface area contributed by atoms with E-state index in [1.165, 1.54) is 0 Å². The Bertz CT molecular complexity index is 546. The molecule has 2 rings (SSSR count). The Morgan fingerprint density at radius 3 is 1.94 bits per heavy atom. The summed E-state index contributed by atoms with van der Waals surface area (Å²) in [7, 11) is 0. The first-order valence-electron chi connectivity index (χ1n) is 5.48. The zero-order valence-electron chi connectivity index (χ0n) is 10.4. The fourth-order valence-corrected chi connectivity index (χ4v) is 1.72. The zero-order chi connectivity index (χ0) is 11.9. The van der Waals surface area contributed by atoms with Gasteiger partial charge in [-0.05, 0) is 20.8 Å². The summed E-state index contributed by atoms with van der Waals surface area (Å²) in [5.74, 6) is 1.96. The van der Waals surface area contributed by atoms with Crippen molar-refractivity contribution in [1.29, 1.82) is 0 Å². The molecule has 16 heavy (non-hydrogen) atoms. The predicted molar refractivity (Wildman–Crippen MR) is 63.4 cm³/mol. The van der Waals surface area contributed by atoms with E-state index in [2.05, 4.69) is 33.8 Å². The van der Waals surface area contributed by atoms with Crippen molar-refractivity contribution in [2.24, 2.45) is 0 Å². The summed E-state index contributed by atoms with van der Waals surface area (Å²) in [6.07, 6.45) is 0. The van der Waals surface area contributed by atoms with Crippen LogP contribution in [0.1, 0.15) is 42.8 Å². The number of hydrogen-bond acceptors (Lipinski definition) is 4. The van der Waals surface area contributed by atoms with Crippen molar-refractivity contribution in [2.75, 3.05) is 0 Å². The Morgan fingerprint density at radius 1 is 0.750 bits per heavy atom. The van der Waals surface area contributed by atoms with E-state index in [0.717, 1.165) is 34.1 Å². The topological polar surface area (TPSA) is 51.6 Å². The summed E-state index contributed by atoms with van der Waals surface area (Å²) in [6, 6.07) is 0. The molecule has 2 aromatic rings. The van der Waals surface area contributed by atoms with Crippen molar-refractivity contribution in [3.8, 4) is 0 Å². The third kappa shape index (κ3) is 1.75. The third-order valence-electron chi connectivity index (χ3n) is 2.54. The monoisotopic (exact) mass is 216 g/mol. The first kappa shape index (κ1) is 10.9. The van der Waals surface area contributed by atoms with Crippen molar-refractivity contribution in [3.63, 3.8) is 0 Å². The van der Waals surface area contributed by atoms with Crippen molar-refractivity contribution >= 4 is 11.0 Å². The molecule has 84 valence electrons. The molecule has 0 amide bonds. The van der Waals surface area contributed by atoms with Crippen LogP contribution < -0.4 is 0 Å². The second kappa shape index (κ2) is 3.77. The van der Waals surface area contributed by atoms with Gasteiger partial charge in [0, 0.05) is 5.92 Å². The van der Waals surface area contributed by atoms with E-state index >= 15 is 0 Å². The van der Waals surface area contributed by atoms with Crippen LogP contribution in [0, 0.1) is 20.8 Å². The van der Waals surface area contributed by atoms with Crippen LogP contribution in [0.5, 0.6) is 0 Å². The van der Waals surface area contributed by atoms with E-state index in [1.54, 1.807) is 0 Å². The molecule has 0 bridgehead atoms. The van der Waals surface area contributed by atoms with Gasteiger partial charge in [-0.1, -0.05) is 13.8 Å². The summed E-state index contributed by atoms with van der Waals surface area (Å²) < 4.78 is 0. The minimum Gasteiger partial charge on any atom is -0.236 e. The number of rotatable bonds is 1. The van der Waals surface area contributed by atoms with Crippen molar-refractivity contribution in [3.05, 3.63) is 23.0 Å².